The quantitative estimate of drug-likeness (QED) is 0.177. The van der Waals surface area contributed by atoms with Crippen LogP contribution in [0.1, 0.15) is 145 Å². The van der Waals surface area contributed by atoms with Gasteiger partial charge in [0.2, 0.25) is 0 Å². The van der Waals surface area contributed by atoms with Gasteiger partial charge in [-0.25, -0.2) is 4.98 Å². The standard InChI is InChI=1S/C33H50N2S/c1-3-4-5-7-11-14-28-16-20-30(21-17-28)31-22-18-29(19-23-31)15-12-9-6-8-10-13-27(2)32-26-36-33-34-24-25-35(32)33/h18-19,22-28,30H,3-17,20-21H2,1-2H3. The van der Waals surface area contributed by atoms with Gasteiger partial charge >= 0.3 is 0 Å². The normalized spacial score (nSPS) is 19.2. The van der Waals surface area contributed by atoms with Crippen LogP contribution in [0.4, 0.5) is 0 Å². The highest BCUT2D eigenvalue weighted by Gasteiger charge is 2.22. The molecule has 1 saturated carbocycles. The Morgan fingerprint density at radius 3 is 2.42 bits per heavy atom. The Labute approximate surface area is 224 Å². The van der Waals surface area contributed by atoms with Crippen molar-refractivity contribution in [3.63, 3.8) is 0 Å². The molecule has 1 aliphatic rings. The third-order valence-corrected chi connectivity index (χ3v) is 9.66. The highest BCUT2D eigenvalue weighted by molar-refractivity contribution is 7.15. The fourth-order valence-electron chi connectivity index (χ4n) is 6.33. The minimum absolute atomic E-state index is 0.622. The lowest BCUT2D eigenvalue weighted by atomic mass is 9.77. The molecule has 2 heterocycles. The van der Waals surface area contributed by atoms with Crippen molar-refractivity contribution in [3.05, 3.63) is 58.9 Å². The molecule has 0 spiro atoms. The van der Waals surface area contributed by atoms with E-state index in [0.717, 1.165) is 16.8 Å². The molecule has 0 saturated heterocycles. The van der Waals surface area contributed by atoms with Gasteiger partial charge in [0, 0.05) is 23.5 Å². The number of hydrogen-bond acceptors (Lipinski definition) is 2. The first-order valence-electron chi connectivity index (χ1n) is 15.2. The van der Waals surface area contributed by atoms with E-state index in [2.05, 4.69) is 59.1 Å². The molecule has 3 heteroatoms. The smallest absolute Gasteiger partial charge is 0.193 e. The SMILES string of the molecule is CCCCCCCC1CCC(c2ccc(CCCCCCCC(C)c3csc4nccn34)cc2)CC1. The molecule has 198 valence electrons. The highest BCUT2D eigenvalue weighted by Crippen LogP contribution is 2.38. The molecular formula is C33H50N2S. The third kappa shape index (κ3) is 8.20. The summed E-state index contributed by atoms with van der Waals surface area (Å²) in [5.41, 5.74) is 4.57. The summed E-state index contributed by atoms with van der Waals surface area (Å²) < 4.78 is 2.27. The molecular weight excluding hydrogens is 456 g/mol. The molecule has 4 rings (SSSR count). The van der Waals surface area contributed by atoms with Crippen molar-refractivity contribution in [1.82, 2.24) is 9.38 Å². The van der Waals surface area contributed by atoms with E-state index in [-0.39, 0.29) is 0 Å². The summed E-state index contributed by atoms with van der Waals surface area (Å²) in [4.78, 5) is 5.53. The van der Waals surface area contributed by atoms with Crippen LogP contribution in [0.15, 0.2) is 42.0 Å². The van der Waals surface area contributed by atoms with Gasteiger partial charge in [0.05, 0.1) is 0 Å². The van der Waals surface area contributed by atoms with Crippen LogP contribution >= 0.6 is 11.3 Å². The fourth-order valence-corrected chi connectivity index (χ4v) is 7.31. The van der Waals surface area contributed by atoms with Gasteiger partial charge in [0.25, 0.3) is 0 Å². The number of benzene rings is 1. The molecule has 1 aromatic carbocycles. The monoisotopic (exact) mass is 506 g/mol. The van der Waals surface area contributed by atoms with Gasteiger partial charge in [-0.05, 0) is 73.8 Å². The van der Waals surface area contributed by atoms with Gasteiger partial charge in [0.1, 0.15) is 0 Å². The molecule has 0 amide bonds. The maximum absolute atomic E-state index is 4.41. The van der Waals surface area contributed by atoms with E-state index in [1.807, 2.05) is 6.20 Å². The van der Waals surface area contributed by atoms with Crippen LogP contribution in [-0.4, -0.2) is 9.38 Å². The Kier molecular flexibility index (Phi) is 11.4. The summed E-state index contributed by atoms with van der Waals surface area (Å²) in [7, 11) is 0. The predicted molar refractivity (Wildman–Crippen MR) is 157 cm³/mol. The molecule has 1 unspecified atom stereocenters. The molecule has 2 aromatic heterocycles. The molecule has 0 aliphatic heterocycles. The second kappa shape index (κ2) is 15.0. The number of unbranched alkanes of at least 4 members (excludes halogenated alkanes) is 8. The summed E-state index contributed by atoms with van der Waals surface area (Å²) >= 11 is 1.76. The van der Waals surface area contributed by atoms with E-state index < -0.39 is 0 Å². The summed E-state index contributed by atoms with van der Waals surface area (Å²) in [6.07, 6.45) is 27.7. The van der Waals surface area contributed by atoms with Crippen LogP contribution in [0.5, 0.6) is 0 Å². The van der Waals surface area contributed by atoms with Crippen molar-refractivity contribution in [2.45, 2.75) is 135 Å². The Morgan fingerprint density at radius 2 is 1.61 bits per heavy atom. The second-order valence-electron chi connectivity index (χ2n) is 11.6. The van der Waals surface area contributed by atoms with E-state index >= 15 is 0 Å². The molecule has 1 atom stereocenters. The van der Waals surface area contributed by atoms with Gasteiger partial charge in [-0.15, -0.1) is 11.3 Å². The van der Waals surface area contributed by atoms with Gasteiger partial charge in [-0.3, -0.25) is 4.40 Å². The molecule has 1 fully saturated rings. The van der Waals surface area contributed by atoms with E-state index in [0.29, 0.717) is 5.92 Å². The van der Waals surface area contributed by atoms with E-state index in [1.54, 1.807) is 16.9 Å². The van der Waals surface area contributed by atoms with Crippen LogP contribution in [0.3, 0.4) is 0 Å². The van der Waals surface area contributed by atoms with Crippen molar-refractivity contribution in [1.29, 1.82) is 0 Å². The highest BCUT2D eigenvalue weighted by atomic mass is 32.1. The Bertz CT molecular complexity index is 977. The molecule has 0 radical (unpaired) electrons. The van der Waals surface area contributed by atoms with Crippen molar-refractivity contribution in [2.75, 3.05) is 0 Å². The first-order valence-corrected chi connectivity index (χ1v) is 16.1. The number of thiazole rings is 1. The Morgan fingerprint density at radius 1 is 0.889 bits per heavy atom. The molecule has 36 heavy (non-hydrogen) atoms. The number of hydrogen-bond donors (Lipinski definition) is 0. The van der Waals surface area contributed by atoms with E-state index in [9.17, 15) is 0 Å². The number of fused-ring (bicyclic) bond motifs is 1. The molecule has 0 bridgehead atoms. The van der Waals surface area contributed by atoms with Gasteiger partial charge < -0.3 is 0 Å². The summed E-state index contributed by atoms with van der Waals surface area (Å²) in [5, 5.41) is 2.29. The van der Waals surface area contributed by atoms with Gasteiger partial charge in [-0.1, -0.05) is 102 Å². The summed E-state index contributed by atoms with van der Waals surface area (Å²) in [5.74, 6) is 2.45. The average molecular weight is 507 g/mol. The lowest BCUT2D eigenvalue weighted by Gasteiger charge is -2.29. The van der Waals surface area contributed by atoms with E-state index in [4.69, 9.17) is 0 Å². The Hall–Kier alpha value is -1.61. The lowest BCUT2D eigenvalue weighted by molar-refractivity contribution is 0.302. The number of aromatic nitrogens is 2. The first kappa shape index (κ1) is 27.4. The fraction of sp³-hybridized carbons (Fsp3) is 0.667. The van der Waals surface area contributed by atoms with Crippen LogP contribution in [0, 0.1) is 5.92 Å². The molecule has 2 nitrogen and oxygen atoms in total. The summed E-state index contributed by atoms with van der Waals surface area (Å²) in [6, 6.07) is 9.76. The van der Waals surface area contributed by atoms with Crippen molar-refractivity contribution < 1.29 is 0 Å². The van der Waals surface area contributed by atoms with Gasteiger partial charge in [-0.2, -0.15) is 0 Å². The first-order chi connectivity index (χ1) is 17.7. The number of nitrogens with zero attached hydrogens (tertiary/aromatic N) is 2. The zero-order valence-electron chi connectivity index (χ0n) is 23.1. The third-order valence-electron chi connectivity index (χ3n) is 8.79. The molecule has 1 aliphatic carbocycles. The number of aryl methyl sites for hydroxylation is 1. The number of imidazole rings is 1. The molecule has 0 N–H and O–H groups in total. The predicted octanol–water partition coefficient (Wildman–Crippen LogP) is 10.7. The van der Waals surface area contributed by atoms with Crippen molar-refractivity contribution in [3.8, 4) is 0 Å². The minimum atomic E-state index is 0.622. The van der Waals surface area contributed by atoms with Crippen LogP contribution in [-0.2, 0) is 6.42 Å². The van der Waals surface area contributed by atoms with Crippen molar-refractivity contribution in [2.24, 2.45) is 5.92 Å². The second-order valence-corrected chi connectivity index (χ2v) is 12.4. The summed E-state index contributed by atoms with van der Waals surface area (Å²) in [6.45, 7) is 4.68. The van der Waals surface area contributed by atoms with Crippen LogP contribution in [0.25, 0.3) is 4.96 Å². The zero-order valence-corrected chi connectivity index (χ0v) is 23.9. The molecule has 3 aromatic rings. The maximum Gasteiger partial charge on any atom is 0.193 e. The van der Waals surface area contributed by atoms with Crippen LogP contribution in [0.2, 0.25) is 0 Å². The largest absolute Gasteiger partial charge is 0.294 e. The van der Waals surface area contributed by atoms with Gasteiger partial charge in [0.15, 0.2) is 4.96 Å². The topological polar surface area (TPSA) is 17.3 Å². The zero-order chi connectivity index (χ0) is 25.0. The lowest BCUT2D eigenvalue weighted by Crippen LogP contribution is -2.13. The average Bonchev–Trinajstić information content (AvgIpc) is 3.53. The minimum Gasteiger partial charge on any atom is -0.294 e. The van der Waals surface area contributed by atoms with Crippen LogP contribution < -0.4 is 0 Å². The maximum atomic E-state index is 4.41. The van der Waals surface area contributed by atoms with E-state index in [1.165, 1.54) is 120 Å². The Balaban J connectivity index is 1.05. The number of rotatable bonds is 16. The van der Waals surface area contributed by atoms with Crippen molar-refractivity contribution >= 4 is 16.3 Å².